The summed E-state index contributed by atoms with van der Waals surface area (Å²) in [6, 6.07) is 5.33. The van der Waals surface area contributed by atoms with Gasteiger partial charge in [-0.1, -0.05) is 12.1 Å². The number of nitrogens with zero attached hydrogens (tertiary/aromatic N) is 1. The second-order valence-electron chi connectivity index (χ2n) is 4.72. The number of esters is 1. The molecule has 1 heterocycles. The molecule has 2 rings (SSSR count). The maximum Gasteiger partial charge on any atom is 0.328 e. The van der Waals surface area contributed by atoms with Gasteiger partial charge in [0.2, 0.25) is 0 Å². The Kier molecular flexibility index (Phi) is 5.14. The summed E-state index contributed by atoms with van der Waals surface area (Å²) in [5.41, 5.74) is 0. The Labute approximate surface area is 122 Å². The van der Waals surface area contributed by atoms with Crippen molar-refractivity contribution in [2.75, 3.05) is 19.8 Å². The molecule has 1 aromatic rings. The molecular weight excluding hydrogens is 277 g/mol. The van der Waals surface area contributed by atoms with Crippen LogP contribution in [0.4, 0.5) is 4.39 Å². The first kappa shape index (κ1) is 15.3. The van der Waals surface area contributed by atoms with Gasteiger partial charge in [0.05, 0.1) is 6.61 Å². The van der Waals surface area contributed by atoms with E-state index in [2.05, 4.69) is 0 Å². The highest BCUT2D eigenvalue weighted by atomic mass is 19.1. The molecule has 1 amide bonds. The summed E-state index contributed by atoms with van der Waals surface area (Å²) >= 11 is 0. The van der Waals surface area contributed by atoms with Gasteiger partial charge in [-0.2, -0.15) is 0 Å². The molecular formula is C15H18FNO4. The highest BCUT2D eigenvalue weighted by Gasteiger charge is 2.35. The summed E-state index contributed by atoms with van der Waals surface area (Å²) < 4.78 is 23.5. The molecule has 0 N–H and O–H groups in total. The van der Waals surface area contributed by atoms with Crippen molar-refractivity contribution in [1.82, 2.24) is 4.90 Å². The van der Waals surface area contributed by atoms with E-state index in [4.69, 9.17) is 9.47 Å². The topological polar surface area (TPSA) is 55.8 Å². The average molecular weight is 295 g/mol. The molecule has 114 valence electrons. The van der Waals surface area contributed by atoms with Crippen molar-refractivity contribution in [3.05, 3.63) is 30.1 Å². The second kappa shape index (κ2) is 7.06. The number of carbonyl (C=O) groups excluding carboxylic acids is 2. The molecule has 0 saturated carbocycles. The number of ether oxygens (including phenoxy) is 2. The zero-order valence-corrected chi connectivity index (χ0v) is 11.9. The molecule has 0 aromatic heterocycles. The number of para-hydroxylation sites is 1. The molecule has 0 spiro atoms. The average Bonchev–Trinajstić information content (AvgIpc) is 2.96. The highest BCUT2D eigenvalue weighted by Crippen LogP contribution is 2.20. The van der Waals surface area contributed by atoms with Crippen molar-refractivity contribution in [3.63, 3.8) is 0 Å². The predicted octanol–water partition coefficient (Wildman–Crippen LogP) is 1.76. The molecule has 1 unspecified atom stereocenters. The lowest BCUT2D eigenvalue weighted by molar-refractivity contribution is -0.153. The normalized spacial score (nSPS) is 17.6. The largest absolute Gasteiger partial charge is 0.481 e. The third kappa shape index (κ3) is 3.71. The third-order valence-electron chi connectivity index (χ3n) is 3.32. The number of hydrogen-bond acceptors (Lipinski definition) is 4. The minimum absolute atomic E-state index is 0.0257. The number of carbonyl (C=O) groups is 2. The van der Waals surface area contributed by atoms with E-state index in [-0.39, 0.29) is 24.9 Å². The van der Waals surface area contributed by atoms with Gasteiger partial charge in [0, 0.05) is 6.54 Å². The van der Waals surface area contributed by atoms with Gasteiger partial charge in [-0.05, 0) is 31.9 Å². The number of rotatable bonds is 5. The van der Waals surface area contributed by atoms with Crippen molar-refractivity contribution in [3.8, 4) is 5.75 Å². The van der Waals surface area contributed by atoms with Crippen LogP contribution < -0.4 is 4.74 Å². The number of hydrogen-bond donors (Lipinski definition) is 0. The van der Waals surface area contributed by atoms with Gasteiger partial charge >= 0.3 is 5.97 Å². The van der Waals surface area contributed by atoms with Crippen LogP contribution in [0.25, 0.3) is 0 Å². The van der Waals surface area contributed by atoms with E-state index in [1.807, 2.05) is 0 Å². The summed E-state index contributed by atoms with van der Waals surface area (Å²) in [5, 5.41) is 0. The smallest absolute Gasteiger partial charge is 0.328 e. The van der Waals surface area contributed by atoms with Crippen LogP contribution in [0.2, 0.25) is 0 Å². The van der Waals surface area contributed by atoms with Crippen molar-refractivity contribution in [2.24, 2.45) is 0 Å². The Balaban J connectivity index is 1.93. The van der Waals surface area contributed by atoms with E-state index in [9.17, 15) is 14.0 Å². The molecule has 0 aliphatic carbocycles. The van der Waals surface area contributed by atoms with E-state index in [1.165, 1.54) is 17.0 Å². The molecule has 0 bridgehead atoms. The minimum Gasteiger partial charge on any atom is -0.481 e. The monoisotopic (exact) mass is 295 g/mol. The van der Waals surface area contributed by atoms with Crippen LogP contribution in [-0.2, 0) is 14.3 Å². The van der Waals surface area contributed by atoms with E-state index in [0.717, 1.165) is 6.42 Å². The number of halogens is 1. The van der Waals surface area contributed by atoms with Gasteiger partial charge in [0.1, 0.15) is 6.04 Å². The molecule has 5 nitrogen and oxygen atoms in total. The van der Waals surface area contributed by atoms with Crippen LogP contribution in [0.3, 0.4) is 0 Å². The van der Waals surface area contributed by atoms with Crippen LogP contribution in [0.1, 0.15) is 19.8 Å². The van der Waals surface area contributed by atoms with E-state index < -0.39 is 17.8 Å². The molecule has 1 aliphatic rings. The molecule has 21 heavy (non-hydrogen) atoms. The van der Waals surface area contributed by atoms with Gasteiger partial charge in [-0.15, -0.1) is 0 Å². The van der Waals surface area contributed by atoms with Crippen molar-refractivity contribution in [2.45, 2.75) is 25.8 Å². The van der Waals surface area contributed by atoms with Gasteiger partial charge in [-0.3, -0.25) is 4.79 Å². The van der Waals surface area contributed by atoms with Crippen LogP contribution in [0.15, 0.2) is 24.3 Å². The van der Waals surface area contributed by atoms with Crippen LogP contribution in [0.5, 0.6) is 5.75 Å². The van der Waals surface area contributed by atoms with Crippen LogP contribution in [0, 0.1) is 5.82 Å². The first-order valence-electron chi connectivity index (χ1n) is 6.97. The zero-order chi connectivity index (χ0) is 15.2. The lowest BCUT2D eigenvalue weighted by Crippen LogP contribution is -2.43. The first-order chi connectivity index (χ1) is 10.1. The number of amides is 1. The summed E-state index contributed by atoms with van der Waals surface area (Å²) in [6.45, 7) is 2.20. The van der Waals surface area contributed by atoms with Crippen LogP contribution >= 0.6 is 0 Å². The van der Waals surface area contributed by atoms with E-state index in [1.54, 1.807) is 19.1 Å². The summed E-state index contributed by atoms with van der Waals surface area (Å²) in [6.07, 6.45) is 1.33. The fourth-order valence-corrected chi connectivity index (χ4v) is 2.33. The van der Waals surface area contributed by atoms with Crippen molar-refractivity contribution < 1.29 is 23.5 Å². The Bertz CT molecular complexity index is 520. The summed E-state index contributed by atoms with van der Waals surface area (Å²) in [4.78, 5) is 25.3. The molecule has 0 radical (unpaired) electrons. The Morgan fingerprint density at radius 2 is 2.14 bits per heavy atom. The van der Waals surface area contributed by atoms with E-state index >= 15 is 0 Å². The Morgan fingerprint density at radius 3 is 2.86 bits per heavy atom. The standard InChI is InChI=1S/C15H18FNO4/c1-2-20-15(19)12-7-5-9-17(12)14(18)10-21-13-8-4-3-6-11(13)16/h3-4,6,8,12H,2,5,7,9-10H2,1H3. The maximum absolute atomic E-state index is 13.4. The zero-order valence-electron chi connectivity index (χ0n) is 11.9. The number of likely N-dealkylation sites (tertiary alicyclic amines) is 1. The lowest BCUT2D eigenvalue weighted by Gasteiger charge is -2.23. The van der Waals surface area contributed by atoms with Crippen LogP contribution in [-0.4, -0.2) is 42.6 Å². The molecule has 1 atom stereocenters. The summed E-state index contributed by atoms with van der Waals surface area (Å²) in [5.74, 6) is -1.23. The predicted molar refractivity (Wildman–Crippen MR) is 73.3 cm³/mol. The van der Waals surface area contributed by atoms with Crippen molar-refractivity contribution in [1.29, 1.82) is 0 Å². The molecule has 1 aliphatic heterocycles. The first-order valence-corrected chi connectivity index (χ1v) is 6.97. The molecule has 1 saturated heterocycles. The molecule has 6 heteroatoms. The number of benzene rings is 1. The fraction of sp³-hybridized carbons (Fsp3) is 0.467. The highest BCUT2D eigenvalue weighted by molar-refractivity contribution is 5.86. The Hall–Kier alpha value is -2.11. The van der Waals surface area contributed by atoms with Gasteiger partial charge in [-0.25, -0.2) is 9.18 Å². The Morgan fingerprint density at radius 1 is 1.38 bits per heavy atom. The molecule has 1 aromatic carbocycles. The maximum atomic E-state index is 13.4. The second-order valence-corrected chi connectivity index (χ2v) is 4.72. The minimum atomic E-state index is -0.554. The van der Waals surface area contributed by atoms with Gasteiger partial charge in [0.25, 0.3) is 5.91 Å². The lowest BCUT2D eigenvalue weighted by atomic mass is 10.2. The summed E-state index contributed by atoms with van der Waals surface area (Å²) in [7, 11) is 0. The van der Waals surface area contributed by atoms with Gasteiger partial charge in [0.15, 0.2) is 18.2 Å². The quantitative estimate of drug-likeness (QED) is 0.777. The van der Waals surface area contributed by atoms with Crippen molar-refractivity contribution >= 4 is 11.9 Å². The SMILES string of the molecule is CCOC(=O)C1CCCN1C(=O)COc1ccccc1F. The third-order valence-corrected chi connectivity index (χ3v) is 3.32. The fourth-order valence-electron chi connectivity index (χ4n) is 2.33. The van der Waals surface area contributed by atoms with Gasteiger partial charge < -0.3 is 14.4 Å². The van der Waals surface area contributed by atoms with E-state index in [0.29, 0.717) is 13.0 Å². The molecule has 1 fully saturated rings.